The number of nitrogens with zero attached hydrogens (tertiary/aromatic N) is 2. The number of anilines is 2. The first-order chi connectivity index (χ1) is 12.3. The lowest BCUT2D eigenvalue weighted by molar-refractivity contribution is -0.116. The fourth-order valence-electron chi connectivity index (χ4n) is 2.95. The summed E-state index contributed by atoms with van der Waals surface area (Å²) >= 11 is 0. The molecule has 2 aromatic rings. The summed E-state index contributed by atoms with van der Waals surface area (Å²) in [6.45, 7) is 0. The zero-order chi connectivity index (χ0) is 18.9. The van der Waals surface area contributed by atoms with Crippen LogP contribution >= 0.6 is 0 Å². The second kappa shape index (κ2) is 6.78. The molecular weight excluding hydrogens is 352 g/mol. The van der Waals surface area contributed by atoms with Crippen molar-refractivity contribution in [1.82, 2.24) is 4.31 Å². The number of nitriles is 1. The molecule has 1 aliphatic heterocycles. The first-order valence-corrected chi connectivity index (χ1v) is 9.39. The molecule has 0 bridgehead atoms. The minimum absolute atomic E-state index is 0.178. The lowest BCUT2D eigenvalue weighted by Crippen LogP contribution is -2.29. The second-order valence-corrected chi connectivity index (χ2v) is 8.08. The Hall–Kier alpha value is -2.89. The number of carbonyl (C=O) groups is 1. The molecule has 0 fully saturated rings. The smallest absolute Gasteiger partial charge is 0.301 e. The van der Waals surface area contributed by atoms with Gasteiger partial charge in [-0.1, -0.05) is 24.3 Å². The van der Waals surface area contributed by atoms with Crippen LogP contribution in [0.25, 0.3) is 0 Å². The van der Waals surface area contributed by atoms with Crippen molar-refractivity contribution < 1.29 is 13.2 Å². The van der Waals surface area contributed by atoms with Crippen molar-refractivity contribution in [2.75, 3.05) is 24.1 Å². The standard InChI is InChI=1S/C18H18N4O3S/c1-22(2)26(24,25)21-13-7-8-15-16(10-18(23)20-17(15)9-13)14-6-4-3-5-12(14)11-19/h3-9,16,21H,10H2,1-2H3,(H,20,23). The number of fused-ring (bicyclic) bond motifs is 1. The predicted octanol–water partition coefficient (Wildman–Crippen LogP) is 2.25. The van der Waals surface area contributed by atoms with Gasteiger partial charge in [-0.2, -0.15) is 18.0 Å². The summed E-state index contributed by atoms with van der Waals surface area (Å²) < 4.78 is 27.5. The van der Waals surface area contributed by atoms with E-state index in [9.17, 15) is 18.5 Å². The summed E-state index contributed by atoms with van der Waals surface area (Å²) in [7, 11) is -0.784. The van der Waals surface area contributed by atoms with Gasteiger partial charge in [-0.15, -0.1) is 0 Å². The second-order valence-electron chi connectivity index (χ2n) is 6.20. The molecule has 8 heteroatoms. The van der Waals surface area contributed by atoms with Crippen molar-refractivity contribution in [2.24, 2.45) is 0 Å². The highest BCUT2D eigenvalue weighted by molar-refractivity contribution is 7.90. The molecule has 0 aliphatic carbocycles. The van der Waals surface area contributed by atoms with Gasteiger partial charge in [0.15, 0.2) is 0 Å². The maximum Gasteiger partial charge on any atom is 0.301 e. The minimum Gasteiger partial charge on any atom is -0.326 e. The van der Waals surface area contributed by atoms with Crippen molar-refractivity contribution in [3.05, 3.63) is 59.2 Å². The highest BCUT2D eigenvalue weighted by atomic mass is 32.2. The SMILES string of the molecule is CN(C)S(=O)(=O)Nc1ccc2c(c1)NC(=O)CC2c1ccccc1C#N. The van der Waals surface area contributed by atoms with Gasteiger partial charge in [0.1, 0.15) is 0 Å². The molecule has 0 radical (unpaired) electrons. The Bertz CT molecular complexity index is 1010. The van der Waals surface area contributed by atoms with Gasteiger partial charge in [-0.3, -0.25) is 9.52 Å². The number of amides is 1. The van der Waals surface area contributed by atoms with E-state index in [1.54, 1.807) is 30.3 Å². The van der Waals surface area contributed by atoms with Crippen LogP contribution in [0.1, 0.15) is 29.0 Å². The summed E-state index contributed by atoms with van der Waals surface area (Å²) in [6.07, 6.45) is 0.231. The van der Waals surface area contributed by atoms with E-state index < -0.39 is 10.2 Å². The lowest BCUT2D eigenvalue weighted by atomic mass is 9.83. The quantitative estimate of drug-likeness (QED) is 0.861. The van der Waals surface area contributed by atoms with Crippen molar-refractivity contribution in [3.63, 3.8) is 0 Å². The van der Waals surface area contributed by atoms with Crippen LogP contribution in [0.4, 0.5) is 11.4 Å². The maximum absolute atomic E-state index is 12.2. The summed E-state index contributed by atoms with van der Waals surface area (Å²) in [5, 5.41) is 12.1. The summed E-state index contributed by atoms with van der Waals surface area (Å²) in [5.74, 6) is -0.433. The topological polar surface area (TPSA) is 102 Å². The van der Waals surface area contributed by atoms with Crippen molar-refractivity contribution in [3.8, 4) is 6.07 Å². The van der Waals surface area contributed by atoms with Crippen LogP contribution in [0.2, 0.25) is 0 Å². The third-order valence-electron chi connectivity index (χ3n) is 4.28. The lowest BCUT2D eigenvalue weighted by Gasteiger charge is -2.27. The maximum atomic E-state index is 12.2. The molecule has 7 nitrogen and oxygen atoms in total. The number of hydrogen-bond acceptors (Lipinski definition) is 4. The predicted molar refractivity (Wildman–Crippen MR) is 98.9 cm³/mol. The van der Waals surface area contributed by atoms with Gasteiger partial charge in [-0.05, 0) is 29.3 Å². The number of benzene rings is 2. The Morgan fingerprint density at radius 1 is 1.19 bits per heavy atom. The van der Waals surface area contributed by atoms with E-state index in [1.165, 1.54) is 14.1 Å². The number of rotatable bonds is 4. The third-order valence-corrected chi connectivity index (χ3v) is 5.73. The number of carbonyl (C=O) groups excluding carboxylic acids is 1. The van der Waals surface area contributed by atoms with E-state index in [1.807, 2.05) is 12.1 Å². The molecule has 1 aliphatic rings. The van der Waals surface area contributed by atoms with E-state index >= 15 is 0 Å². The van der Waals surface area contributed by atoms with Crippen LogP contribution < -0.4 is 10.0 Å². The third kappa shape index (κ3) is 3.40. The summed E-state index contributed by atoms with van der Waals surface area (Å²) in [4.78, 5) is 12.2. The van der Waals surface area contributed by atoms with Crippen molar-refractivity contribution >= 4 is 27.5 Å². The van der Waals surface area contributed by atoms with Gasteiger partial charge in [0.25, 0.3) is 0 Å². The highest BCUT2D eigenvalue weighted by Gasteiger charge is 2.28. The molecule has 0 aromatic heterocycles. The Labute approximate surface area is 152 Å². The molecule has 2 aromatic carbocycles. The number of hydrogen-bond donors (Lipinski definition) is 2. The first kappa shape index (κ1) is 17.9. The Kier molecular flexibility index (Phi) is 4.68. The molecule has 1 unspecified atom stereocenters. The molecule has 134 valence electrons. The first-order valence-electron chi connectivity index (χ1n) is 7.95. The molecule has 0 spiro atoms. The monoisotopic (exact) mass is 370 g/mol. The van der Waals surface area contributed by atoms with Crippen LogP contribution in [0.5, 0.6) is 0 Å². The zero-order valence-corrected chi connectivity index (χ0v) is 15.2. The molecule has 0 saturated heterocycles. The normalized spacial score (nSPS) is 16.5. The van der Waals surface area contributed by atoms with E-state index in [4.69, 9.17) is 0 Å². The van der Waals surface area contributed by atoms with Crippen LogP contribution in [-0.2, 0) is 15.0 Å². The Morgan fingerprint density at radius 3 is 2.62 bits per heavy atom. The van der Waals surface area contributed by atoms with Crippen molar-refractivity contribution in [2.45, 2.75) is 12.3 Å². The Morgan fingerprint density at radius 2 is 1.92 bits per heavy atom. The molecule has 1 atom stereocenters. The van der Waals surface area contributed by atoms with Gasteiger partial charge in [0.2, 0.25) is 5.91 Å². The molecule has 2 N–H and O–H groups in total. The van der Waals surface area contributed by atoms with E-state index in [-0.39, 0.29) is 18.2 Å². The van der Waals surface area contributed by atoms with Crippen LogP contribution in [-0.4, -0.2) is 32.7 Å². The van der Waals surface area contributed by atoms with Gasteiger partial charge >= 0.3 is 10.2 Å². The molecular formula is C18H18N4O3S. The van der Waals surface area contributed by atoms with Gasteiger partial charge in [0, 0.05) is 32.1 Å². The number of nitrogens with one attached hydrogen (secondary N) is 2. The molecule has 3 rings (SSSR count). The van der Waals surface area contributed by atoms with E-state index in [0.29, 0.717) is 16.9 Å². The van der Waals surface area contributed by atoms with E-state index in [0.717, 1.165) is 15.4 Å². The summed E-state index contributed by atoms with van der Waals surface area (Å²) in [5.41, 5.74) is 3.05. The van der Waals surface area contributed by atoms with Crippen LogP contribution in [0, 0.1) is 11.3 Å². The van der Waals surface area contributed by atoms with Crippen LogP contribution in [0.3, 0.4) is 0 Å². The van der Waals surface area contributed by atoms with Crippen molar-refractivity contribution in [1.29, 1.82) is 5.26 Å². The largest absolute Gasteiger partial charge is 0.326 e. The fraction of sp³-hybridized carbons (Fsp3) is 0.222. The van der Waals surface area contributed by atoms with Gasteiger partial charge < -0.3 is 5.32 Å². The molecule has 26 heavy (non-hydrogen) atoms. The fourth-order valence-corrected chi connectivity index (χ4v) is 3.56. The molecule has 1 heterocycles. The van der Waals surface area contributed by atoms with Gasteiger partial charge in [0.05, 0.1) is 17.3 Å². The average Bonchev–Trinajstić information content (AvgIpc) is 2.60. The minimum atomic E-state index is -3.64. The zero-order valence-electron chi connectivity index (χ0n) is 14.4. The van der Waals surface area contributed by atoms with Gasteiger partial charge in [-0.25, -0.2) is 0 Å². The van der Waals surface area contributed by atoms with E-state index in [2.05, 4.69) is 16.1 Å². The molecule has 0 saturated carbocycles. The average molecular weight is 370 g/mol. The highest BCUT2D eigenvalue weighted by Crippen LogP contribution is 2.39. The molecule has 1 amide bonds. The van der Waals surface area contributed by atoms with Crippen LogP contribution in [0.15, 0.2) is 42.5 Å². The summed E-state index contributed by atoms with van der Waals surface area (Å²) in [6, 6.07) is 14.4. The Balaban J connectivity index is 2.03.